The number of fused-ring (bicyclic) bond motifs is 1. The second-order valence-electron chi connectivity index (χ2n) is 6.74. The van der Waals surface area contributed by atoms with Crippen molar-refractivity contribution in [2.75, 3.05) is 5.32 Å². The maximum atomic E-state index is 13.0. The van der Waals surface area contributed by atoms with Crippen molar-refractivity contribution in [1.82, 2.24) is 23.7 Å². The molecule has 4 aromatic rings. The van der Waals surface area contributed by atoms with Crippen molar-refractivity contribution < 1.29 is 10.6 Å². The van der Waals surface area contributed by atoms with Crippen LogP contribution in [0.15, 0.2) is 58.5 Å². The summed E-state index contributed by atoms with van der Waals surface area (Å²) in [4.78, 5) is 45.2. The van der Waals surface area contributed by atoms with Crippen LogP contribution in [-0.2, 0) is 25.4 Å². The quantitative estimate of drug-likeness (QED) is 0.549. The van der Waals surface area contributed by atoms with E-state index in [1.807, 2.05) is 0 Å². The van der Waals surface area contributed by atoms with Crippen LogP contribution in [0, 0.1) is 5.82 Å². The summed E-state index contributed by atoms with van der Waals surface area (Å²) in [6.45, 7) is -0.175. The third kappa shape index (κ3) is 3.39. The summed E-state index contributed by atoms with van der Waals surface area (Å²) in [6.07, 6.45) is 2.91. The molecule has 1 N–H and O–H groups in total. The Kier molecular flexibility index (Phi) is 4.74. The molecule has 0 saturated carbocycles. The lowest BCUT2D eigenvalue weighted by Crippen LogP contribution is -2.37. The van der Waals surface area contributed by atoms with Crippen LogP contribution in [0.4, 0.5) is 10.2 Å². The van der Waals surface area contributed by atoms with Gasteiger partial charge in [-0.3, -0.25) is 18.7 Å². The number of nitrogens with one attached hydrogen (secondary N) is 1. The molecule has 0 aliphatic rings. The number of benzene rings is 1. The normalized spacial score (nSPS) is 11.0. The van der Waals surface area contributed by atoms with E-state index in [4.69, 9.17) is 0 Å². The second kappa shape index (κ2) is 7.39. The molecule has 0 atom stereocenters. The number of aromatic nitrogens is 5. The zero-order valence-electron chi connectivity index (χ0n) is 16.2. The van der Waals surface area contributed by atoms with Crippen molar-refractivity contribution in [1.29, 1.82) is 0 Å². The van der Waals surface area contributed by atoms with Gasteiger partial charge in [-0.05, 0) is 29.8 Å². The molecule has 0 radical (unpaired) electrons. The topological polar surface area (TPSA) is 104 Å². The Balaban J connectivity index is 0.00000272. The minimum atomic E-state index is -0.528. The van der Waals surface area contributed by atoms with E-state index in [0.29, 0.717) is 5.82 Å². The van der Waals surface area contributed by atoms with Crippen LogP contribution in [0.2, 0.25) is 0 Å². The first-order valence-electron chi connectivity index (χ1n) is 8.98. The van der Waals surface area contributed by atoms with Crippen LogP contribution in [0.3, 0.4) is 0 Å². The lowest BCUT2D eigenvalue weighted by atomic mass is 10.1. The van der Waals surface area contributed by atoms with Crippen LogP contribution >= 0.6 is 0 Å². The molecular formula is C20H19FN6O3. The number of pyridine rings is 1. The van der Waals surface area contributed by atoms with Crippen LogP contribution in [0.1, 0.15) is 1.43 Å². The van der Waals surface area contributed by atoms with E-state index in [-0.39, 0.29) is 25.0 Å². The highest BCUT2D eigenvalue weighted by molar-refractivity contribution is 5.90. The summed E-state index contributed by atoms with van der Waals surface area (Å²) in [7, 11) is 2.88. The van der Waals surface area contributed by atoms with E-state index >= 15 is 0 Å². The molecule has 0 fully saturated rings. The number of nitrogens with zero attached hydrogens (tertiary/aromatic N) is 5. The van der Waals surface area contributed by atoms with Crippen molar-refractivity contribution in [3.05, 3.63) is 75.6 Å². The predicted octanol–water partition coefficient (Wildman–Crippen LogP) is 1.52. The molecule has 0 aliphatic carbocycles. The minimum absolute atomic E-state index is 0. The highest BCUT2D eigenvalue weighted by Gasteiger charge is 2.16. The Bertz CT molecular complexity index is 1370. The van der Waals surface area contributed by atoms with Gasteiger partial charge in [0, 0.05) is 27.3 Å². The fourth-order valence-corrected chi connectivity index (χ4v) is 3.13. The zero-order valence-corrected chi connectivity index (χ0v) is 16.2. The molecule has 154 valence electrons. The number of aryl methyl sites for hydroxylation is 1. The largest absolute Gasteiger partial charge is 0.332 e. The van der Waals surface area contributed by atoms with E-state index in [1.54, 1.807) is 30.5 Å². The average molecular weight is 410 g/mol. The average Bonchev–Trinajstić information content (AvgIpc) is 3.15. The molecule has 3 aromatic heterocycles. The van der Waals surface area contributed by atoms with Gasteiger partial charge in [0.1, 0.15) is 18.2 Å². The molecule has 30 heavy (non-hydrogen) atoms. The number of hydrogen-bond acceptors (Lipinski definition) is 5. The van der Waals surface area contributed by atoms with Crippen LogP contribution < -0.4 is 16.6 Å². The number of carbonyl (C=O) groups excluding carboxylic acids is 1. The highest BCUT2D eigenvalue weighted by atomic mass is 19.1. The molecule has 10 heteroatoms. The Morgan fingerprint density at radius 3 is 2.40 bits per heavy atom. The van der Waals surface area contributed by atoms with Gasteiger partial charge in [-0.2, -0.15) is 0 Å². The van der Waals surface area contributed by atoms with Crippen LogP contribution in [-0.4, -0.2) is 29.6 Å². The van der Waals surface area contributed by atoms with Gasteiger partial charge in [0.25, 0.3) is 5.56 Å². The molecule has 4 rings (SSSR count). The monoisotopic (exact) mass is 410 g/mol. The van der Waals surface area contributed by atoms with Gasteiger partial charge in [0.2, 0.25) is 5.91 Å². The van der Waals surface area contributed by atoms with Crippen LogP contribution in [0.5, 0.6) is 0 Å². The smallest absolute Gasteiger partial charge is 0.315 e. The first-order chi connectivity index (χ1) is 14.3. The summed E-state index contributed by atoms with van der Waals surface area (Å²) in [5.41, 5.74) is 0.922. The maximum absolute atomic E-state index is 13.0. The molecule has 1 aromatic carbocycles. The fraction of sp³-hybridized carbons (Fsp3) is 0.150. The molecule has 0 aliphatic heterocycles. The number of halogens is 1. The summed E-state index contributed by atoms with van der Waals surface area (Å²) in [5, 5.41) is 2.66. The van der Waals surface area contributed by atoms with E-state index < -0.39 is 17.2 Å². The third-order valence-corrected chi connectivity index (χ3v) is 4.74. The number of anilines is 1. The number of imidazole rings is 1. The van der Waals surface area contributed by atoms with Gasteiger partial charge in [-0.15, -0.1) is 0 Å². The Morgan fingerprint density at radius 1 is 1.03 bits per heavy atom. The van der Waals surface area contributed by atoms with E-state index in [0.717, 1.165) is 15.7 Å². The second-order valence-corrected chi connectivity index (χ2v) is 6.74. The first kappa shape index (κ1) is 19.2. The number of hydrogen-bond donors (Lipinski definition) is 1. The fourth-order valence-electron chi connectivity index (χ4n) is 3.13. The lowest BCUT2D eigenvalue weighted by Gasteiger charge is -2.08. The van der Waals surface area contributed by atoms with Gasteiger partial charge < -0.3 is 9.88 Å². The van der Waals surface area contributed by atoms with E-state index in [1.165, 1.54) is 41.7 Å². The van der Waals surface area contributed by atoms with E-state index in [9.17, 15) is 18.8 Å². The molecule has 0 saturated heterocycles. The molecule has 1 amide bonds. The lowest BCUT2D eigenvalue weighted by molar-refractivity contribution is -0.116. The maximum Gasteiger partial charge on any atom is 0.332 e. The molecule has 0 bridgehead atoms. The third-order valence-electron chi connectivity index (χ3n) is 4.74. The van der Waals surface area contributed by atoms with Crippen molar-refractivity contribution >= 4 is 22.9 Å². The van der Waals surface area contributed by atoms with Gasteiger partial charge in [-0.1, -0.05) is 12.1 Å². The van der Waals surface area contributed by atoms with E-state index in [2.05, 4.69) is 15.3 Å². The highest BCUT2D eigenvalue weighted by Crippen LogP contribution is 2.20. The van der Waals surface area contributed by atoms with Gasteiger partial charge in [0.05, 0.1) is 6.33 Å². The van der Waals surface area contributed by atoms with Crippen molar-refractivity contribution in [2.24, 2.45) is 14.1 Å². The first-order valence-corrected chi connectivity index (χ1v) is 8.98. The number of rotatable bonds is 4. The molecular weight excluding hydrogens is 391 g/mol. The molecule has 9 nitrogen and oxygen atoms in total. The molecule has 3 heterocycles. The summed E-state index contributed by atoms with van der Waals surface area (Å²) in [6, 6.07) is 9.39. The van der Waals surface area contributed by atoms with Gasteiger partial charge in [-0.25, -0.2) is 19.2 Å². The Labute approximate surface area is 170 Å². The zero-order chi connectivity index (χ0) is 21.4. The molecule has 0 spiro atoms. The van der Waals surface area contributed by atoms with Gasteiger partial charge >= 0.3 is 5.69 Å². The van der Waals surface area contributed by atoms with Crippen molar-refractivity contribution in [2.45, 2.75) is 6.54 Å². The number of amides is 1. The van der Waals surface area contributed by atoms with Crippen LogP contribution in [0.25, 0.3) is 22.3 Å². The Hall–Kier alpha value is -4.08. The SMILES string of the molecule is Cn1c(=O)c2c(ncn2CC(=O)Nc2ccc(-c3ccc(F)cc3)cn2)n(C)c1=O.[HH]. The molecule has 0 unspecified atom stereocenters. The van der Waals surface area contributed by atoms with Crippen molar-refractivity contribution in [3.63, 3.8) is 0 Å². The minimum Gasteiger partial charge on any atom is -0.315 e. The predicted molar refractivity (Wildman–Crippen MR) is 111 cm³/mol. The standard InChI is InChI=1S/C20H17FN6O3.H2/c1-25-18-17(19(29)26(2)20(25)30)27(11-23-18)10-16(28)24-15-8-5-13(9-22-15)12-3-6-14(21)7-4-12;/h3-9,11H,10H2,1-2H3,(H,22,24,28);1H. The van der Waals surface area contributed by atoms with Gasteiger partial charge in [0.15, 0.2) is 11.2 Å². The summed E-state index contributed by atoms with van der Waals surface area (Å²) < 4.78 is 16.7. The summed E-state index contributed by atoms with van der Waals surface area (Å²) in [5.74, 6) is -0.402. The summed E-state index contributed by atoms with van der Waals surface area (Å²) >= 11 is 0. The Morgan fingerprint density at radius 2 is 1.73 bits per heavy atom. The number of carbonyl (C=O) groups is 1. The van der Waals surface area contributed by atoms with Crippen molar-refractivity contribution in [3.8, 4) is 11.1 Å².